The molecule has 0 bridgehead atoms. The van der Waals surface area contributed by atoms with Crippen LogP contribution in [0, 0.1) is 0 Å². The van der Waals surface area contributed by atoms with Gasteiger partial charge in [-0.1, -0.05) is 11.6 Å². The molecule has 0 aliphatic carbocycles. The van der Waals surface area contributed by atoms with Crippen LogP contribution in [0.4, 0.5) is 0 Å². The maximum Gasteiger partial charge on any atom is 0.322 e. The van der Waals surface area contributed by atoms with Gasteiger partial charge >= 0.3 is 5.97 Å². The van der Waals surface area contributed by atoms with Crippen LogP contribution in [0.25, 0.3) is 0 Å². The minimum Gasteiger partial charge on any atom is -0.465 e. The van der Waals surface area contributed by atoms with Crippen LogP contribution in [0.1, 0.15) is 13.3 Å². The largest absolute Gasteiger partial charge is 0.465 e. The van der Waals surface area contributed by atoms with E-state index in [2.05, 4.69) is 4.98 Å². The molecule has 1 heterocycles. The summed E-state index contributed by atoms with van der Waals surface area (Å²) in [6.07, 6.45) is 2.22. The Balaban J connectivity index is 2.33. The van der Waals surface area contributed by atoms with Crippen LogP contribution in [0.5, 0.6) is 0 Å². The molecule has 0 aromatic carbocycles. The van der Waals surface area contributed by atoms with Gasteiger partial charge in [0, 0.05) is 11.9 Å². The van der Waals surface area contributed by atoms with Gasteiger partial charge in [0.2, 0.25) is 0 Å². The number of esters is 1. The molecule has 1 aromatic rings. The van der Waals surface area contributed by atoms with Gasteiger partial charge in [-0.25, -0.2) is 4.98 Å². The number of carbonyl (C=O) groups excluding carboxylic acids is 1. The van der Waals surface area contributed by atoms with Crippen LogP contribution >= 0.6 is 23.4 Å². The van der Waals surface area contributed by atoms with Gasteiger partial charge in [-0.3, -0.25) is 4.79 Å². The van der Waals surface area contributed by atoms with Gasteiger partial charge in [0.05, 0.1) is 11.6 Å². The number of hydrogen-bond donors (Lipinski definition) is 1. The fourth-order valence-electron chi connectivity index (χ4n) is 1.13. The molecule has 1 unspecified atom stereocenters. The number of halogens is 1. The third-order valence-corrected chi connectivity index (χ3v) is 3.44. The third kappa shape index (κ3) is 4.93. The lowest BCUT2D eigenvalue weighted by molar-refractivity contribution is -0.144. The van der Waals surface area contributed by atoms with Gasteiger partial charge in [0.1, 0.15) is 11.1 Å². The highest BCUT2D eigenvalue weighted by atomic mass is 35.5. The number of thioether (sulfide) groups is 1. The van der Waals surface area contributed by atoms with Gasteiger partial charge in [0.15, 0.2) is 0 Å². The normalized spacial score (nSPS) is 12.2. The number of ether oxygens (including phenoxy) is 1. The van der Waals surface area contributed by atoms with Crippen LogP contribution < -0.4 is 5.73 Å². The maximum absolute atomic E-state index is 11.3. The number of rotatable bonds is 6. The van der Waals surface area contributed by atoms with Crippen molar-refractivity contribution < 1.29 is 9.53 Å². The minimum absolute atomic E-state index is 0.353. The lowest BCUT2D eigenvalue weighted by Crippen LogP contribution is -2.32. The summed E-state index contributed by atoms with van der Waals surface area (Å²) in [4.78, 5) is 15.4. The monoisotopic (exact) mass is 274 g/mol. The van der Waals surface area contributed by atoms with Crippen LogP contribution in [0.2, 0.25) is 5.02 Å². The molecular formula is C11H15ClN2O2S. The summed E-state index contributed by atoms with van der Waals surface area (Å²) in [6, 6.07) is 2.98. The Hall–Kier alpha value is -0.780. The quantitative estimate of drug-likeness (QED) is 0.636. The fourth-order valence-corrected chi connectivity index (χ4v) is 2.32. The van der Waals surface area contributed by atoms with E-state index in [1.54, 1.807) is 25.3 Å². The molecule has 1 aromatic heterocycles. The van der Waals surface area contributed by atoms with E-state index in [1.807, 2.05) is 0 Å². The summed E-state index contributed by atoms with van der Waals surface area (Å²) < 4.78 is 4.82. The van der Waals surface area contributed by atoms with E-state index in [-0.39, 0.29) is 5.97 Å². The van der Waals surface area contributed by atoms with E-state index < -0.39 is 6.04 Å². The summed E-state index contributed by atoms with van der Waals surface area (Å²) in [5.74, 6) is 0.316. The molecule has 1 atom stereocenters. The van der Waals surface area contributed by atoms with Crippen molar-refractivity contribution in [3.63, 3.8) is 0 Å². The highest BCUT2D eigenvalue weighted by Crippen LogP contribution is 2.24. The molecule has 1 rings (SSSR count). The zero-order valence-corrected chi connectivity index (χ0v) is 11.1. The molecule has 0 aliphatic heterocycles. The van der Waals surface area contributed by atoms with Gasteiger partial charge in [-0.2, -0.15) is 0 Å². The summed E-state index contributed by atoms with van der Waals surface area (Å²) in [7, 11) is 0. The predicted octanol–water partition coefficient (Wildman–Crippen LogP) is 2.11. The Labute approximate surface area is 110 Å². The standard InChI is InChI=1S/C11H15ClN2O2S/c1-2-16-11(15)9(13)5-7-17-10-8(12)4-3-6-14-10/h3-4,6,9H,2,5,7,13H2,1H3. The lowest BCUT2D eigenvalue weighted by Gasteiger charge is -2.09. The second-order valence-corrected chi connectivity index (χ2v) is 4.78. The molecule has 6 heteroatoms. The summed E-state index contributed by atoms with van der Waals surface area (Å²) in [6.45, 7) is 2.11. The number of carbonyl (C=O) groups is 1. The second-order valence-electron chi connectivity index (χ2n) is 3.29. The Morgan fingerprint density at radius 2 is 2.47 bits per heavy atom. The summed E-state index contributed by atoms with van der Waals surface area (Å²) >= 11 is 7.43. The molecule has 0 saturated heterocycles. The third-order valence-electron chi connectivity index (χ3n) is 1.98. The predicted molar refractivity (Wildman–Crippen MR) is 69.2 cm³/mol. The number of aromatic nitrogens is 1. The molecular weight excluding hydrogens is 260 g/mol. The van der Waals surface area contributed by atoms with E-state index in [1.165, 1.54) is 11.8 Å². The first kappa shape index (κ1) is 14.3. The number of hydrogen-bond acceptors (Lipinski definition) is 5. The molecule has 0 radical (unpaired) electrons. The molecule has 2 N–H and O–H groups in total. The van der Waals surface area contributed by atoms with Gasteiger partial charge in [-0.05, 0) is 25.5 Å². The molecule has 17 heavy (non-hydrogen) atoms. The van der Waals surface area contributed by atoms with E-state index in [0.717, 1.165) is 5.03 Å². The van der Waals surface area contributed by atoms with E-state index in [0.29, 0.717) is 23.8 Å². The smallest absolute Gasteiger partial charge is 0.322 e. The van der Waals surface area contributed by atoms with E-state index in [4.69, 9.17) is 22.1 Å². The van der Waals surface area contributed by atoms with Crippen molar-refractivity contribution in [2.75, 3.05) is 12.4 Å². The van der Waals surface area contributed by atoms with Crippen LogP contribution in [-0.2, 0) is 9.53 Å². The van der Waals surface area contributed by atoms with Crippen molar-refractivity contribution in [2.24, 2.45) is 5.73 Å². The zero-order chi connectivity index (χ0) is 12.7. The highest BCUT2D eigenvalue weighted by molar-refractivity contribution is 7.99. The number of nitrogens with two attached hydrogens (primary N) is 1. The van der Waals surface area contributed by atoms with Gasteiger partial charge in [0.25, 0.3) is 0 Å². The number of nitrogens with zero attached hydrogens (tertiary/aromatic N) is 1. The van der Waals surface area contributed by atoms with Crippen molar-refractivity contribution in [3.8, 4) is 0 Å². The van der Waals surface area contributed by atoms with Crippen molar-refractivity contribution in [1.82, 2.24) is 4.98 Å². The number of pyridine rings is 1. The molecule has 0 spiro atoms. The highest BCUT2D eigenvalue weighted by Gasteiger charge is 2.14. The molecule has 0 saturated carbocycles. The second kappa shape index (κ2) is 7.53. The van der Waals surface area contributed by atoms with Crippen LogP contribution in [-0.4, -0.2) is 29.4 Å². The lowest BCUT2D eigenvalue weighted by atomic mass is 10.2. The Bertz CT molecular complexity index is 376. The van der Waals surface area contributed by atoms with Crippen molar-refractivity contribution in [3.05, 3.63) is 23.4 Å². The summed E-state index contributed by atoms with van der Waals surface area (Å²) in [5.41, 5.74) is 5.66. The topological polar surface area (TPSA) is 65.2 Å². The van der Waals surface area contributed by atoms with E-state index in [9.17, 15) is 4.79 Å². The molecule has 0 aliphatic rings. The molecule has 0 amide bonds. The average molecular weight is 275 g/mol. The van der Waals surface area contributed by atoms with Crippen molar-refractivity contribution >= 4 is 29.3 Å². The first-order valence-electron chi connectivity index (χ1n) is 5.30. The van der Waals surface area contributed by atoms with Crippen LogP contribution in [0.3, 0.4) is 0 Å². The average Bonchev–Trinajstić information content (AvgIpc) is 2.31. The first-order chi connectivity index (χ1) is 8.15. The van der Waals surface area contributed by atoms with Crippen molar-refractivity contribution in [2.45, 2.75) is 24.4 Å². The van der Waals surface area contributed by atoms with Gasteiger partial charge in [-0.15, -0.1) is 11.8 Å². The Kier molecular flexibility index (Phi) is 6.32. The van der Waals surface area contributed by atoms with Gasteiger partial charge < -0.3 is 10.5 Å². The first-order valence-corrected chi connectivity index (χ1v) is 6.67. The molecule has 0 fully saturated rings. The van der Waals surface area contributed by atoms with E-state index >= 15 is 0 Å². The fraction of sp³-hybridized carbons (Fsp3) is 0.455. The van der Waals surface area contributed by atoms with Crippen LogP contribution in [0.15, 0.2) is 23.4 Å². The zero-order valence-electron chi connectivity index (χ0n) is 9.56. The molecule has 4 nitrogen and oxygen atoms in total. The molecule has 94 valence electrons. The summed E-state index contributed by atoms with van der Waals surface area (Å²) in [5, 5.41) is 1.37. The Morgan fingerprint density at radius 1 is 1.71 bits per heavy atom. The maximum atomic E-state index is 11.3. The minimum atomic E-state index is -0.579. The SMILES string of the molecule is CCOC(=O)C(N)CCSc1ncccc1Cl. The Morgan fingerprint density at radius 3 is 3.12 bits per heavy atom. The van der Waals surface area contributed by atoms with Crippen molar-refractivity contribution in [1.29, 1.82) is 0 Å².